The van der Waals surface area contributed by atoms with Crippen LogP contribution in [-0.4, -0.2) is 58.8 Å². The lowest BCUT2D eigenvalue weighted by Gasteiger charge is -2.31. The van der Waals surface area contributed by atoms with Gasteiger partial charge in [0.2, 0.25) is 15.9 Å². The van der Waals surface area contributed by atoms with E-state index in [-0.39, 0.29) is 18.2 Å². The number of sulfonamides is 1. The molecule has 28 heavy (non-hydrogen) atoms. The van der Waals surface area contributed by atoms with Gasteiger partial charge < -0.3 is 9.47 Å². The van der Waals surface area contributed by atoms with Crippen LogP contribution in [0.2, 0.25) is 0 Å². The van der Waals surface area contributed by atoms with E-state index in [9.17, 15) is 8.42 Å². The number of rotatable bonds is 6. The molecule has 10 heteroatoms. The smallest absolute Gasteiger partial charge is 0.319 e. The molecule has 3 heterocycles. The molecule has 0 atom stereocenters. The van der Waals surface area contributed by atoms with E-state index in [1.165, 1.54) is 11.4 Å². The number of nitrogens with zero attached hydrogens (tertiary/aromatic N) is 5. The van der Waals surface area contributed by atoms with Gasteiger partial charge in [0.25, 0.3) is 0 Å². The van der Waals surface area contributed by atoms with Crippen LogP contribution in [0.25, 0.3) is 0 Å². The Morgan fingerprint density at radius 2 is 1.89 bits per heavy atom. The predicted molar refractivity (Wildman–Crippen MR) is 103 cm³/mol. The van der Waals surface area contributed by atoms with E-state index in [1.54, 1.807) is 23.9 Å². The zero-order chi connectivity index (χ0) is 20.5. The zero-order valence-corrected chi connectivity index (χ0v) is 17.7. The van der Waals surface area contributed by atoms with Crippen LogP contribution in [0.1, 0.15) is 44.1 Å². The summed E-state index contributed by atoms with van der Waals surface area (Å²) in [7, 11) is -2.10. The van der Waals surface area contributed by atoms with Crippen molar-refractivity contribution in [3.63, 3.8) is 0 Å². The maximum absolute atomic E-state index is 13.2. The van der Waals surface area contributed by atoms with Crippen molar-refractivity contribution < 1.29 is 17.9 Å². The first-order chi connectivity index (χ1) is 13.2. The molecule has 0 saturated carbocycles. The van der Waals surface area contributed by atoms with Crippen molar-refractivity contribution >= 4 is 10.0 Å². The second-order valence-corrected chi connectivity index (χ2v) is 9.02. The van der Waals surface area contributed by atoms with Crippen molar-refractivity contribution in [2.45, 2.75) is 57.6 Å². The van der Waals surface area contributed by atoms with E-state index in [1.807, 2.05) is 20.8 Å². The minimum Gasteiger partial charge on any atom is -0.474 e. The van der Waals surface area contributed by atoms with Crippen molar-refractivity contribution in [1.82, 2.24) is 24.1 Å². The van der Waals surface area contributed by atoms with Crippen LogP contribution < -0.4 is 9.47 Å². The van der Waals surface area contributed by atoms with Crippen molar-refractivity contribution in [1.29, 1.82) is 0 Å². The fourth-order valence-electron chi connectivity index (χ4n) is 3.50. The number of hydrogen-bond acceptors (Lipinski definition) is 7. The lowest BCUT2D eigenvalue weighted by atomic mass is 10.1. The van der Waals surface area contributed by atoms with Gasteiger partial charge in [0.05, 0.1) is 18.5 Å². The molecule has 0 unspecified atom stereocenters. The van der Waals surface area contributed by atoms with Crippen molar-refractivity contribution in [2.75, 3.05) is 20.2 Å². The molecular formula is C18H27N5O4S. The summed E-state index contributed by atoms with van der Waals surface area (Å²) in [6.45, 7) is 8.31. The Balaban J connectivity index is 1.70. The Labute approximate surface area is 165 Å². The van der Waals surface area contributed by atoms with Gasteiger partial charge >= 0.3 is 6.01 Å². The quantitative estimate of drug-likeness (QED) is 0.720. The Kier molecular flexibility index (Phi) is 5.90. The van der Waals surface area contributed by atoms with Gasteiger partial charge in [0.15, 0.2) is 0 Å². The highest BCUT2D eigenvalue weighted by Gasteiger charge is 2.34. The number of ether oxygens (including phenoxy) is 2. The fourth-order valence-corrected chi connectivity index (χ4v) is 5.33. The average molecular weight is 410 g/mol. The lowest BCUT2D eigenvalue weighted by molar-refractivity contribution is 0.128. The first-order valence-electron chi connectivity index (χ1n) is 9.33. The molecule has 3 rings (SSSR count). The SMILES string of the molecule is COc1nccc(OC2CCN(S(=O)(=O)c3c(C)nn(C(C)C)c3C)CC2)n1. The third-order valence-electron chi connectivity index (χ3n) is 4.82. The normalized spacial score (nSPS) is 16.5. The number of piperidine rings is 1. The minimum atomic E-state index is -3.59. The molecule has 9 nitrogen and oxygen atoms in total. The monoisotopic (exact) mass is 409 g/mol. The largest absolute Gasteiger partial charge is 0.474 e. The molecule has 1 fully saturated rings. The van der Waals surface area contributed by atoms with E-state index in [4.69, 9.17) is 9.47 Å². The van der Waals surface area contributed by atoms with E-state index in [0.717, 1.165) is 0 Å². The fraction of sp³-hybridized carbons (Fsp3) is 0.611. The third kappa shape index (κ3) is 3.97. The van der Waals surface area contributed by atoms with Crippen molar-refractivity contribution in [3.8, 4) is 11.9 Å². The lowest BCUT2D eigenvalue weighted by Crippen LogP contribution is -2.42. The molecule has 2 aromatic rings. The van der Waals surface area contributed by atoms with E-state index in [0.29, 0.717) is 48.1 Å². The molecule has 0 bridgehead atoms. The van der Waals surface area contributed by atoms with Crippen LogP contribution in [-0.2, 0) is 10.0 Å². The number of hydrogen-bond donors (Lipinski definition) is 0. The summed E-state index contributed by atoms with van der Waals surface area (Å²) in [5, 5.41) is 4.42. The molecule has 0 spiro atoms. The summed E-state index contributed by atoms with van der Waals surface area (Å²) in [6.07, 6.45) is 2.63. The van der Waals surface area contributed by atoms with Crippen LogP contribution in [0.4, 0.5) is 0 Å². The summed E-state index contributed by atoms with van der Waals surface area (Å²) in [6, 6.07) is 2.01. The molecule has 0 aliphatic carbocycles. The van der Waals surface area contributed by atoms with Crippen LogP contribution in [0, 0.1) is 13.8 Å². The topological polar surface area (TPSA) is 99.4 Å². The second-order valence-electron chi connectivity index (χ2n) is 7.14. The average Bonchev–Trinajstić information content (AvgIpc) is 2.97. The molecule has 1 aliphatic rings. The maximum atomic E-state index is 13.2. The Morgan fingerprint density at radius 3 is 2.46 bits per heavy atom. The zero-order valence-electron chi connectivity index (χ0n) is 16.9. The van der Waals surface area contributed by atoms with E-state index < -0.39 is 10.0 Å². The number of aromatic nitrogens is 4. The van der Waals surface area contributed by atoms with E-state index in [2.05, 4.69) is 15.1 Å². The number of methoxy groups -OCH3 is 1. The number of aryl methyl sites for hydroxylation is 1. The maximum Gasteiger partial charge on any atom is 0.319 e. The second kappa shape index (κ2) is 8.04. The van der Waals surface area contributed by atoms with Gasteiger partial charge in [-0.25, -0.2) is 13.4 Å². The summed E-state index contributed by atoms with van der Waals surface area (Å²) in [5.41, 5.74) is 1.22. The summed E-state index contributed by atoms with van der Waals surface area (Å²) in [4.78, 5) is 8.42. The first-order valence-corrected chi connectivity index (χ1v) is 10.8. The summed E-state index contributed by atoms with van der Waals surface area (Å²) in [5.74, 6) is 0.429. The molecule has 0 radical (unpaired) electrons. The summed E-state index contributed by atoms with van der Waals surface area (Å²) >= 11 is 0. The van der Waals surface area contributed by atoms with Gasteiger partial charge in [-0.1, -0.05) is 0 Å². The highest BCUT2D eigenvalue weighted by Crippen LogP contribution is 2.28. The molecular weight excluding hydrogens is 382 g/mol. The van der Waals surface area contributed by atoms with Gasteiger partial charge in [-0.15, -0.1) is 0 Å². The van der Waals surface area contributed by atoms with E-state index >= 15 is 0 Å². The van der Waals surface area contributed by atoms with Gasteiger partial charge in [0.1, 0.15) is 11.0 Å². The van der Waals surface area contributed by atoms with Gasteiger partial charge in [0, 0.05) is 31.4 Å². The Morgan fingerprint density at radius 1 is 1.21 bits per heavy atom. The van der Waals surface area contributed by atoms with Crippen LogP contribution in [0.5, 0.6) is 11.9 Å². The van der Waals surface area contributed by atoms with Crippen molar-refractivity contribution in [2.24, 2.45) is 0 Å². The van der Waals surface area contributed by atoms with Crippen LogP contribution in [0.15, 0.2) is 17.2 Å². The predicted octanol–water partition coefficient (Wildman–Crippen LogP) is 2.11. The van der Waals surface area contributed by atoms with Crippen molar-refractivity contribution in [3.05, 3.63) is 23.7 Å². The molecule has 0 aromatic carbocycles. The Bertz CT molecular complexity index is 933. The molecule has 1 aliphatic heterocycles. The highest BCUT2D eigenvalue weighted by molar-refractivity contribution is 7.89. The molecule has 0 amide bonds. The molecule has 154 valence electrons. The third-order valence-corrected chi connectivity index (χ3v) is 6.98. The standard InChI is InChI=1S/C18H27N5O4S/c1-12(2)23-14(4)17(13(3)21-23)28(24,25)22-10-7-15(8-11-22)27-16-6-9-19-18(20-16)26-5/h6,9,12,15H,7-8,10-11H2,1-5H3. The van der Waals surface area contributed by atoms with Crippen LogP contribution >= 0.6 is 0 Å². The molecule has 1 saturated heterocycles. The molecule has 0 N–H and O–H groups in total. The van der Waals surface area contributed by atoms with Crippen LogP contribution in [0.3, 0.4) is 0 Å². The van der Waals surface area contributed by atoms with Gasteiger partial charge in [-0.05, 0) is 40.5 Å². The van der Waals surface area contributed by atoms with Gasteiger partial charge in [-0.2, -0.15) is 14.4 Å². The molecule has 2 aromatic heterocycles. The Hall–Kier alpha value is -2.20. The minimum absolute atomic E-state index is 0.103. The summed E-state index contributed by atoms with van der Waals surface area (Å²) < 4.78 is 40.6. The first kappa shape index (κ1) is 20.5. The van der Waals surface area contributed by atoms with Gasteiger partial charge in [-0.3, -0.25) is 4.68 Å². The highest BCUT2D eigenvalue weighted by atomic mass is 32.2.